The van der Waals surface area contributed by atoms with Crippen molar-refractivity contribution in [2.75, 3.05) is 25.6 Å². The fraction of sp³-hybridized carbons (Fsp3) is 0.261. The van der Waals surface area contributed by atoms with Gasteiger partial charge in [0.2, 0.25) is 0 Å². The van der Waals surface area contributed by atoms with Crippen LogP contribution in [0.25, 0.3) is 5.69 Å². The molecule has 3 aromatic rings. The number of ether oxygens (including phenoxy) is 2. The van der Waals surface area contributed by atoms with E-state index in [0.29, 0.717) is 42.7 Å². The molecule has 2 heterocycles. The standard InChI is InChI=1S/C23H24N4O3S/c1-3-30-22(28)21-17-15-26(23(31)24-18-11-7-8-12-20(18)29-2)14-13-19(17)27(25-21)16-9-5-4-6-10-16/h4-12H,3,13-15H2,1-2H3,(H,24,31). The van der Waals surface area contributed by atoms with Crippen LogP contribution in [0.5, 0.6) is 5.75 Å². The predicted octanol–water partition coefficient (Wildman–Crippen LogP) is 3.81. The summed E-state index contributed by atoms with van der Waals surface area (Å²) in [5.41, 5.74) is 3.90. The average molecular weight is 437 g/mol. The minimum absolute atomic E-state index is 0.295. The molecule has 7 nitrogen and oxygen atoms in total. The number of hydrogen-bond acceptors (Lipinski definition) is 5. The second-order valence-electron chi connectivity index (χ2n) is 7.04. The monoisotopic (exact) mass is 436 g/mol. The van der Waals surface area contributed by atoms with E-state index >= 15 is 0 Å². The summed E-state index contributed by atoms with van der Waals surface area (Å²) in [6, 6.07) is 17.4. The summed E-state index contributed by atoms with van der Waals surface area (Å²) in [6.07, 6.45) is 0.699. The van der Waals surface area contributed by atoms with Crippen LogP contribution in [-0.2, 0) is 17.7 Å². The molecule has 0 atom stereocenters. The first kappa shape index (κ1) is 20.9. The second-order valence-corrected chi connectivity index (χ2v) is 7.43. The summed E-state index contributed by atoms with van der Waals surface area (Å²) in [7, 11) is 1.63. The molecule has 0 saturated heterocycles. The highest BCUT2D eigenvalue weighted by Crippen LogP contribution is 2.28. The van der Waals surface area contributed by atoms with Crippen LogP contribution < -0.4 is 10.1 Å². The van der Waals surface area contributed by atoms with Crippen molar-refractivity contribution in [2.45, 2.75) is 19.9 Å². The lowest BCUT2D eigenvalue weighted by Crippen LogP contribution is -2.39. The highest BCUT2D eigenvalue weighted by Gasteiger charge is 2.30. The molecule has 0 aliphatic carbocycles. The van der Waals surface area contributed by atoms with Gasteiger partial charge in [-0.25, -0.2) is 9.48 Å². The van der Waals surface area contributed by atoms with E-state index in [1.165, 1.54) is 0 Å². The van der Waals surface area contributed by atoms with Crippen molar-refractivity contribution in [3.05, 3.63) is 71.5 Å². The van der Waals surface area contributed by atoms with Crippen LogP contribution in [0.1, 0.15) is 28.7 Å². The molecule has 31 heavy (non-hydrogen) atoms. The van der Waals surface area contributed by atoms with Gasteiger partial charge in [-0.15, -0.1) is 0 Å². The molecule has 1 N–H and O–H groups in total. The first-order chi connectivity index (χ1) is 15.1. The van der Waals surface area contributed by atoms with Crippen molar-refractivity contribution in [1.82, 2.24) is 14.7 Å². The van der Waals surface area contributed by atoms with Gasteiger partial charge in [0.1, 0.15) is 5.75 Å². The zero-order valence-electron chi connectivity index (χ0n) is 17.5. The summed E-state index contributed by atoms with van der Waals surface area (Å²) in [6.45, 7) is 3.26. The third-order valence-electron chi connectivity index (χ3n) is 5.16. The van der Waals surface area contributed by atoms with Crippen LogP contribution >= 0.6 is 12.2 Å². The summed E-state index contributed by atoms with van der Waals surface area (Å²) < 4.78 is 12.5. The van der Waals surface area contributed by atoms with Crippen LogP contribution in [0.2, 0.25) is 0 Å². The van der Waals surface area contributed by atoms with E-state index in [9.17, 15) is 4.79 Å². The third kappa shape index (κ3) is 4.25. The summed E-state index contributed by atoms with van der Waals surface area (Å²) in [4.78, 5) is 14.7. The van der Waals surface area contributed by atoms with Crippen molar-refractivity contribution >= 4 is 29.0 Å². The number of benzene rings is 2. The summed E-state index contributed by atoms with van der Waals surface area (Å²) >= 11 is 5.67. The maximum atomic E-state index is 12.6. The van der Waals surface area contributed by atoms with E-state index < -0.39 is 5.97 Å². The van der Waals surface area contributed by atoms with Crippen molar-refractivity contribution in [1.29, 1.82) is 0 Å². The molecular formula is C23H24N4O3S. The molecule has 160 valence electrons. The van der Waals surface area contributed by atoms with Crippen LogP contribution in [0.4, 0.5) is 5.69 Å². The molecule has 0 spiro atoms. The number of fused-ring (bicyclic) bond motifs is 1. The van der Waals surface area contributed by atoms with E-state index in [4.69, 9.17) is 21.7 Å². The van der Waals surface area contributed by atoms with E-state index in [2.05, 4.69) is 10.4 Å². The lowest BCUT2D eigenvalue weighted by atomic mass is 10.1. The smallest absolute Gasteiger partial charge is 0.359 e. The number of aromatic nitrogens is 2. The molecule has 4 rings (SSSR count). The van der Waals surface area contributed by atoms with Gasteiger partial charge < -0.3 is 19.7 Å². The van der Waals surface area contributed by atoms with Crippen LogP contribution in [0.3, 0.4) is 0 Å². The first-order valence-corrected chi connectivity index (χ1v) is 10.6. The molecule has 0 radical (unpaired) electrons. The Morgan fingerprint density at radius 1 is 1.16 bits per heavy atom. The Morgan fingerprint density at radius 2 is 1.90 bits per heavy atom. The number of carbonyl (C=O) groups is 1. The summed E-state index contributed by atoms with van der Waals surface area (Å²) in [5.74, 6) is 0.297. The Labute approximate surface area is 186 Å². The van der Waals surface area contributed by atoms with Crippen LogP contribution in [0, 0.1) is 0 Å². The van der Waals surface area contributed by atoms with E-state index in [-0.39, 0.29) is 0 Å². The van der Waals surface area contributed by atoms with Crippen molar-refractivity contribution in [3.8, 4) is 11.4 Å². The normalized spacial score (nSPS) is 12.8. The Morgan fingerprint density at radius 3 is 2.65 bits per heavy atom. The minimum Gasteiger partial charge on any atom is -0.495 e. The zero-order valence-corrected chi connectivity index (χ0v) is 18.3. The number of esters is 1. The zero-order chi connectivity index (χ0) is 21.8. The molecule has 1 aromatic heterocycles. The minimum atomic E-state index is -0.418. The van der Waals surface area contributed by atoms with Gasteiger partial charge in [0, 0.05) is 25.1 Å². The highest BCUT2D eigenvalue weighted by molar-refractivity contribution is 7.80. The quantitative estimate of drug-likeness (QED) is 0.482. The maximum Gasteiger partial charge on any atom is 0.359 e. The molecule has 0 unspecified atom stereocenters. The molecule has 8 heteroatoms. The van der Waals surface area contributed by atoms with Gasteiger partial charge in [0.05, 0.1) is 30.8 Å². The molecule has 0 bridgehead atoms. The van der Waals surface area contributed by atoms with Crippen molar-refractivity contribution in [2.24, 2.45) is 0 Å². The number of carbonyl (C=O) groups excluding carboxylic acids is 1. The number of hydrogen-bond donors (Lipinski definition) is 1. The second kappa shape index (κ2) is 9.18. The molecule has 1 aliphatic rings. The van der Waals surface area contributed by atoms with Gasteiger partial charge in [-0.3, -0.25) is 0 Å². The van der Waals surface area contributed by atoms with Gasteiger partial charge in [-0.2, -0.15) is 5.10 Å². The number of nitrogens with zero attached hydrogens (tertiary/aromatic N) is 3. The van der Waals surface area contributed by atoms with Gasteiger partial charge in [0.15, 0.2) is 10.8 Å². The van der Waals surface area contributed by atoms with Crippen LogP contribution in [-0.4, -0.2) is 46.0 Å². The SMILES string of the molecule is CCOC(=O)c1nn(-c2ccccc2)c2c1CN(C(=S)Nc1ccccc1OC)CC2. The lowest BCUT2D eigenvalue weighted by Gasteiger charge is -2.30. The largest absolute Gasteiger partial charge is 0.495 e. The number of para-hydroxylation sites is 3. The maximum absolute atomic E-state index is 12.6. The van der Waals surface area contributed by atoms with E-state index in [1.54, 1.807) is 14.0 Å². The highest BCUT2D eigenvalue weighted by atomic mass is 32.1. The third-order valence-corrected chi connectivity index (χ3v) is 5.52. The molecule has 1 aliphatic heterocycles. The van der Waals surface area contributed by atoms with Gasteiger partial charge in [-0.05, 0) is 43.4 Å². The van der Waals surface area contributed by atoms with E-state index in [0.717, 1.165) is 22.6 Å². The Balaban J connectivity index is 1.63. The number of nitrogens with one attached hydrogen (secondary N) is 1. The fourth-order valence-corrected chi connectivity index (χ4v) is 3.95. The van der Waals surface area contributed by atoms with Gasteiger partial charge in [-0.1, -0.05) is 30.3 Å². The topological polar surface area (TPSA) is 68.6 Å². The number of rotatable bonds is 5. The van der Waals surface area contributed by atoms with Crippen LogP contribution in [0.15, 0.2) is 54.6 Å². The number of anilines is 1. The molecule has 0 saturated carbocycles. The number of methoxy groups -OCH3 is 1. The van der Waals surface area contributed by atoms with Gasteiger partial charge >= 0.3 is 5.97 Å². The molecular weight excluding hydrogens is 412 g/mol. The Hall–Kier alpha value is -3.39. The van der Waals surface area contributed by atoms with E-state index in [1.807, 2.05) is 64.2 Å². The fourth-order valence-electron chi connectivity index (χ4n) is 3.68. The molecule has 2 aromatic carbocycles. The lowest BCUT2D eigenvalue weighted by molar-refractivity contribution is 0.0517. The Bertz CT molecular complexity index is 1100. The van der Waals surface area contributed by atoms with Crippen molar-refractivity contribution in [3.63, 3.8) is 0 Å². The van der Waals surface area contributed by atoms with Crippen molar-refractivity contribution < 1.29 is 14.3 Å². The Kier molecular flexibility index (Phi) is 6.18. The van der Waals surface area contributed by atoms with Gasteiger partial charge in [0.25, 0.3) is 0 Å². The first-order valence-electron chi connectivity index (χ1n) is 10.1. The summed E-state index contributed by atoms with van der Waals surface area (Å²) in [5, 5.41) is 8.45. The molecule has 0 fully saturated rings. The number of thiocarbonyl (C=S) groups is 1. The molecule has 0 amide bonds. The predicted molar refractivity (Wildman–Crippen MR) is 123 cm³/mol. The average Bonchev–Trinajstić information content (AvgIpc) is 3.19.